The predicted molar refractivity (Wildman–Crippen MR) is 98.6 cm³/mol. The van der Waals surface area contributed by atoms with E-state index < -0.39 is 0 Å². The van der Waals surface area contributed by atoms with Crippen LogP contribution in [-0.4, -0.2) is 5.78 Å². The molecule has 1 N–H and O–H groups in total. The third-order valence-electron chi connectivity index (χ3n) is 4.59. The van der Waals surface area contributed by atoms with Crippen LogP contribution in [0.5, 0.6) is 0 Å². The highest BCUT2D eigenvalue weighted by Gasteiger charge is 2.31. The van der Waals surface area contributed by atoms with Gasteiger partial charge in [0, 0.05) is 22.5 Å². The van der Waals surface area contributed by atoms with Gasteiger partial charge in [0.05, 0.1) is 6.04 Å². The van der Waals surface area contributed by atoms with Crippen LogP contribution in [0.25, 0.3) is 0 Å². The summed E-state index contributed by atoms with van der Waals surface area (Å²) >= 11 is 3.55. The van der Waals surface area contributed by atoms with Crippen molar-refractivity contribution in [3.05, 3.63) is 64.1 Å². The van der Waals surface area contributed by atoms with Crippen molar-refractivity contribution in [3.63, 3.8) is 0 Å². The van der Waals surface area contributed by atoms with Crippen molar-refractivity contribution in [3.8, 4) is 0 Å². The van der Waals surface area contributed by atoms with Gasteiger partial charge in [0.2, 0.25) is 0 Å². The molecule has 1 aliphatic rings. The van der Waals surface area contributed by atoms with E-state index in [9.17, 15) is 4.79 Å². The van der Waals surface area contributed by atoms with Crippen LogP contribution in [0.3, 0.4) is 0 Å². The summed E-state index contributed by atoms with van der Waals surface area (Å²) in [5, 5.41) is 3.61. The first-order valence-corrected chi connectivity index (χ1v) is 9.04. The van der Waals surface area contributed by atoms with E-state index in [0.717, 1.165) is 29.4 Å². The number of Topliss-reactive ketones (excluding diaryl/α,β-unsaturated/α-hetero) is 1. The van der Waals surface area contributed by atoms with Gasteiger partial charge in [-0.1, -0.05) is 52.2 Å². The van der Waals surface area contributed by atoms with E-state index in [4.69, 9.17) is 0 Å². The molecule has 1 fully saturated rings. The minimum absolute atomic E-state index is 0.0306. The Morgan fingerprint density at radius 1 is 1.13 bits per heavy atom. The van der Waals surface area contributed by atoms with Crippen LogP contribution in [0.1, 0.15) is 42.9 Å². The highest BCUT2D eigenvalue weighted by Crippen LogP contribution is 2.35. The van der Waals surface area contributed by atoms with Crippen molar-refractivity contribution in [2.45, 2.75) is 38.6 Å². The monoisotopic (exact) mass is 371 g/mol. The molecule has 2 unspecified atom stereocenters. The van der Waals surface area contributed by atoms with Crippen molar-refractivity contribution in [1.29, 1.82) is 0 Å². The molecule has 2 aromatic rings. The fourth-order valence-corrected chi connectivity index (χ4v) is 3.72. The van der Waals surface area contributed by atoms with Gasteiger partial charge in [-0.05, 0) is 49.6 Å². The molecule has 120 valence electrons. The number of hydrogen-bond acceptors (Lipinski definition) is 2. The molecular weight excluding hydrogens is 350 g/mol. The predicted octanol–water partition coefficient (Wildman–Crippen LogP) is 5.67. The van der Waals surface area contributed by atoms with Crippen LogP contribution >= 0.6 is 15.9 Å². The summed E-state index contributed by atoms with van der Waals surface area (Å²) in [5.74, 6) is 0.445. The van der Waals surface area contributed by atoms with Crippen molar-refractivity contribution in [2.75, 3.05) is 5.32 Å². The topological polar surface area (TPSA) is 29.1 Å². The number of benzene rings is 2. The maximum atomic E-state index is 12.5. The van der Waals surface area contributed by atoms with Gasteiger partial charge in [-0.2, -0.15) is 0 Å². The van der Waals surface area contributed by atoms with Gasteiger partial charge >= 0.3 is 0 Å². The number of halogens is 1. The lowest BCUT2D eigenvalue weighted by Gasteiger charge is -2.31. The van der Waals surface area contributed by atoms with Gasteiger partial charge < -0.3 is 5.32 Å². The van der Waals surface area contributed by atoms with Crippen molar-refractivity contribution in [2.24, 2.45) is 5.92 Å². The molecule has 3 heteroatoms. The molecule has 1 saturated carbocycles. The minimum Gasteiger partial charge on any atom is -0.378 e. The molecule has 23 heavy (non-hydrogen) atoms. The van der Waals surface area contributed by atoms with Gasteiger partial charge in [-0.25, -0.2) is 0 Å². The van der Waals surface area contributed by atoms with Gasteiger partial charge in [-0.3, -0.25) is 4.79 Å². The molecule has 0 spiro atoms. The minimum atomic E-state index is 0.0306. The van der Waals surface area contributed by atoms with Crippen LogP contribution in [0.2, 0.25) is 0 Å². The SMILES string of the molecule is Cc1ccc(NC(c2cccc(Br)c2)C2CCCCC2=O)cc1. The molecule has 0 bridgehead atoms. The van der Waals surface area contributed by atoms with Crippen LogP contribution in [0, 0.1) is 12.8 Å². The fourth-order valence-electron chi connectivity index (χ4n) is 3.31. The van der Waals surface area contributed by atoms with E-state index in [2.05, 4.69) is 64.6 Å². The van der Waals surface area contributed by atoms with Gasteiger partial charge in [0.1, 0.15) is 5.78 Å². The number of anilines is 1. The number of nitrogens with one attached hydrogen (secondary N) is 1. The van der Waals surface area contributed by atoms with Crippen molar-refractivity contribution >= 4 is 27.4 Å². The Kier molecular flexibility index (Phi) is 5.16. The van der Waals surface area contributed by atoms with Crippen LogP contribution in [-0.2, 0) is 4.79 Å². The molecule has 0 heterocycles. The molecule has 0 saturated heterocycles. The molecule has 2 nitrogen and oxygen atoms in total. The summed E-state index contributed by atoms with van der Waals surface area (Å²) < 4.78 is 1.05. The van der Waals surface area contributed by atoms with E-state index >= 15 is 0 Å². The zero-order valence-electron chi connectivity index (χ0n) is 13.4. The number of rotatable bonds is 4. The molecule has 0 amide bonds. The Labute approximate surface area is 146 Å². The van der Waals surface area contributed by atoms with Gasteiger partial charge in [0.15, 0.2) is 0 Å². The highest BCUT2D eigenvalue weighted by molar-refractivity contribution is 9.10. The lowest BCUT2D eigenvalue weighted by molar-refractivity contribution is -0.125. The summed E-state index contributed by atoms with van der Waals surface area (Å²) in [6.45, 7) is 2.08. The van der Waals surface area contributed by atoms with Crippen molar-refractivity contribution in [1.82, 2.24) is 0 Å². The lowest BCUT2D eigenvalue weighted by atomic mass is 9.80. The number of hydrogen-bond donors (Lipinski definition) is 1. The van der Waals surface area contributed by atoms with Crippen molar-refractivity contribution < 1.29 is 4.79 Å². The molecule has 0 aliphatic heterocycles. The Bertz CT molecular complexity index is 680. The van der Waals surface area contributed by atoms with E-state index in [1.54, 1.807) is 0 Å². The van der Waals surface area contributed by atoms with E-state index in [1.165, 1.54) is 11.1 Å². The second kappa shape index (κ2) is 7.31. The summed E-state index contributed by atoms with van der Waals surface area (Å²) in [6, 6.07) is 16.7. The van der Waals surface area contributed by atoms with Crippen LogP contribution in [0.4, 0.5) is 5.69 Å². The molecule has 2 atom stereocenters. The lowest BCUT2D eigenvalue weighted by Crippen LogP contribution is -2.30. The summed E-state index contributed by atoms with van der Waals surface area (Å²) in [6.07, 6.45) is 3.85. The van der Waals surface area contributed by atoms with E-state index in [-0.39, 0.29) is 12.0 Å². The Morgan fingerprint density at radius 3 is 2.61 bits per heavy atom. The first-order chi connectivity index (χ1) is 11.1. The first kappa shape index (κ1) is 16.3. The average molecular weight is 372 g/mol. The maximum absolute atomic E-state index is 12.5. The average Bonchev–Trinajstić information content (AvgIpc) is 2.55. The Hall–Kier alpha value is -1.61. The fraction of sp³-hybridized carbons (Fsp3) is 0.350. The van der Waals surface area contributed by atoms with Gasteiger partial charge in [0.25, 0.3) is 0 Å². The number of aryl methyl sites for hydroxylation is 1. The molecule has 3 rings (SSSR count). The molecule has 1 aliphatic carbocycles. The normalized spacial score (nSPS) is 19.4. The second-order valence-electron chi connectivity index (χ2n) is 6.36. The largest absolute Gasteiger partial charge is 0.378 e. The quantitative estimate of drug-likeness (QED) is 0.749. The maximum Gasteiger partial charge on any atom is 0.138 e. The number of ketones is 1. The molecule has 0 aromatic heterocycles. The van der Waals surface area contributed by atoms with Crippen LogP contribution in [0.15, 0.2) is 53.0 Å². The highest BCUT2D eigenvalue weighted by atomic mass is 79.9. The summed E-state index contributed by atoms with van der Waals surface area (Å²) in [5.41, 5.74) is 3.47. The Morgan fingerprint density at radius 2 is 1.91 bits per heavy atom. The smallest absolute Gasteiger partial charge is 0.138 e. The molecule has 2 aromatic carbocycles. The van der Waals surface area contributed by atoms with E-state index in [0.29, 0.717) is 12.2 Å². The summed E-state index contributed by atoms with van der Waals surface area (Å²) in [4.78, 5) is 12.5. The molecule has 0 radical (unpaired) electrons. The van der Waals surface area contributed by atoms with E-state index in [1.807, 2.05) is 12.1 Å². The zero-order valence-corrected chi connectivity index (χ0v) is 15.0. The number of carbonyl (C=O) groups excluding carboxylic acids is 1. The standard InChI is InChI=1S/C20H22BrNO/c1-14-9-11-17(12-10-14)22-20(15-5-4-6-16(21)13-15)18-7-2-3-8-19(18)23/h4-6,9-13,18,20,22H,2-3,7-8H2,1H3. The van der Waals surface area contributed by atoms with Gasteiger partial charge in [-0.15, -0.1) is 0 Å². The third kappa shape index (κ3) is 4.03. The summed E-state index contributed by atoms with van der Waals surface area (Å²) in [7, 11) is 0. The first-order valence-electron chi connectivity index (χ1n) is 8.25. The third-order valence-corrected chi connectivity index (χ3v) is 5.08. The molecular formula is C20H22BrNO. The zero-order chi connectivity index (χ0) is 16.2. The Balaban J connectivity index is 1.92. The number of carbonyl (C=O) groups is 1. The second-order valence-corrected chi connectivity index (χ2v) is 7.28. The van der Waals surface area contributed by atoms with Crippen LogP contribution < -0.4 is 5.32 Å².